The number of hydrogen-bond donors (Lipinski definition) is 2. The number of aromatic nitrogens is 1. The molecule has 1 aromatic heterocycles. The van der Waals surface area contributed by atoms with E-state index < -0.39 is 0 Å². The minimum atomic E-state index is 0. The van der Waals surface area contributed by atoms with Crippen LogP contribution in [0.15, 0.2) is 95.3 Å². The molecular weight excluding hydrogens is 482 g/mol. The van der Waals surface area contributed by atoms with E-state index in [0.29, 0.717) is 6.54 Å². The third-order valence-electron chi connectivity index (χ3n) is 4.85. The van der Waals surface area contributed by atoms with E-state index in [4.69, 9.17) is 0 Å². The van der Waals surface area contributed by atoms with Gasteiger partial charge < -0.3 is 27.6 Å². The monoisotopic (exact) mass is 507 g/mol. The molecule has 0 aliphatic rings. The highest BCUT2D eigenvalue weighted by Gasteiger charge is 2.14. The maximum Gasteiger partial charge on any atom is 0.408 e. The summed E-state index contributed by atoms with van der Waals surface area (Å²) in [5, 5.41) is 17.1. The zero-order chi connectivity index (χ0) is 21.5. The first-order chi connectivity index (χ1) is 15.2. The number of benzene rings is 3. The predicted octanol–water partition coefficient (Wildman–Crippen LogP) is 3.52. The lowest BCUT2D eigenvalue weighted by Crippen LogP contribution is -3.00. The highest BCUT2D eigenvalue weighted by Crippen LogP contribution is 2.35. The van der Waals surface area contributed by atoms with Gasteiger partial charge in [-0.05, 0) is 46.6 Å². The second-order valence-electron chi connectivity index (χ2n) is 7.31. The zero-order valence-electron chi connectivity index (χ0n) is 18.1. The van der Waals surface area contributed by atoms with Crippen molar-refractivity contribution in [3.05, 3.63) is 101 Å². The average molecular weight is 508 g/mol. The van der Waals surface area contributed by atoms with Crippen LogP contribution in [0.25, 0.3) is 0 Å². The van der Waals surface area contributed by atoms with Gasteiger partial charge in [0.15, 0.2) is 0 Å². The average Bonchev–Trinajstić information content (AvgIpc) is 3.13. The molecule has 0 saturated heterocycles. The molecule has 0 spiro atoms. The van der Waals surface area contributed by atoms with Gasteiger partial charge in [0, 0.05) is 18.0 Å². The number of anilines is 2. The third-order valence-corrected chi connectivity index (χ3v) is 5.83. The van der Waals surface area contributed by atoms with Crippen LogP contribution in [0.3, 0.4) is 0 Å². The van der Waals surface area contributed by atoms with Crippen LogP contribution in [-0.4, -0.2) is 0 Å². The van der Waals surface area contributed by atoms with Crippen molar-refractivity contribution in [2.75, 3.05) is 10.6 Å². The number of aryl methyl sites for hydroxylation is 2. The Labute approximate surface area is 203 Å². The Kier molecular flexibility index (Phi) is 8.53. The maximum atomic E-state index is 4.59. The molecule has 164 valence electrons. The highest BCUT2D eigenvalue weighted by molar-refractivity contribution is 7.14. The molecule has 4 aromatic rings. The Morgan fingerprint density at radius 1 is 0.781 bits per heavy atom. The van der Waals surface area contributed by atoms with Crippen LogP contribution in [0.1, 0.15) is 16.0 Å². The van der Waals surface area contributed by atoms with Gasteiger partial charge in [-0.2, -0.15) is 0 Å². The Hall–Kier alpha value is -3.03. The van der Waals surface area contributed by atoms with E-state index in [0.717, 1.165) is 28.7 Å². The van der Waals surface area contributed by atoms with Gasteiger partial charge in [-0.3, -0.25) is 0 Å². The smallest absolute Gasteiger partial charge is 0.408 e. The number of para-hydroxylation sites is 1. The molecular formula is C25H26BrN5S. The zero-order valence-corrected chi connectivity index (χ0v) is 20.5. The van der Waals surface area contributed by atoms with Gasteiger partial charge in [-0.25, -0.2) is 4.57 Å². The summed E-state index contributed by atoms with van der Waals surface area (Å²) in [5.41, 5.74) is 5.19. The van der Waals surface area contributed by atoms with Gasteiger partial charge in [0.1, 0.15) is 11.9 Å². The van der Waals surface area contributed by atoms with Gasteiger partial charge in [0.25, 0.3) is 0 Å². The number of thiazole rings is 1. The standard InChI is InChI=1S/C25H25N5S.BrH/c1-19-18-30(2)25(31-19)29-28-23-15-9-14-22(26-16-20-10-5-3-6-11-20)24(23)27-17-21-12-7-4-8-13-21;/h3-15,18H,16-17H2,1-2H3,(H,26,28);1H. The van der Waals surface area contributed by atoms with E-state index in [-0.39, 0.29) is 17.0 Å². The van der Waals surface area contributed by atoms with Crippen molar-refractivity contribution in [3.63, 3.8) is 0 Å². The van der Waals surface area contributed by atoms with E-state index in [9.17, 15) is 0 Å². The molecule has 0 aliphatic carbocycles. The molecule has 0 radical (unpaired) electrons. The fourth-order valence-corrected chi connectivity index (χ4v) is 4.07. The van der Waals surface area contributed by atoms with Crippen LogP contribution in [0.2, 0.25) is 0 Å². The Balaban J connectivity index is 0.00000289. The van der Waals surface area contributed by atoms with Crippen molar-refractivity contribution in [1.82, 2.24) is 0 Å². The fourth-order valence-electron chi connectivity index (χ4n) is 3.29. The molecule has 2 N–H and O–H groups in total. The molecule has 5 nitrogen and oxygen atoms in total. The van der Waals surface area contributed by atoms with E-state index >= 15 is 0 Å². The number of rotatable bonds is 8. The molecule has 4 rings (SSSR count). The molecule has 3 aromatic carbocycles. The summed E-state index contributed by atoms with van der Waals surface area (Å²) in [6, 6.07) is 26.8. The van der Waals surface area contributed by atoms with Crippen LogP contribution in [0.5, 0.6) is 0 Å². The molecule has 0 saturated carbocycles. The molecule has 0 aliphatic heterocycles. The number of hydrogen-bond acceptors (Lipinski definition) is 5. The summed E-state index contributed by atoms with van der Waals surface area (Å²) in [6.45, 7) is 3.52. The Bertz CT molecular complexity index is 1160. The van der Waals surface area contributed by atoms with Crippen LogP contribution in [-0.2, 0) is 20.1 Å². The second kappa shape index (κ2) is 11.5. The summed E-state index contributed by atoms with van der Waals surface area (Å²) >= 11 is 1.63. The van der Waals surface area contributed by atoms with E-state index in [1.54, 1.807) is 11.3 Å². The normalized spacial score (nSPS) is 10.7. The number of nitrogens with zero attached hydrogens (tertiary/aromatic N) is 3. The first-order valence-corrected chi connectivity index (χ1v) is 11.1. The van der Waals surface area contributed by atoms with Crippen LogP contribution in [0.4, 0.5) is 22.2 Å². The van der Waals surface area contributed by atoms with E-state index in [1.165, 1.54) is 16.0 Å². The van der Waals surface area contributed by atoms with Crippen molar-refractivity contribution >= 4 is 33.5 Å². The Morgan fingerprint density at radius 3 is 2.00 bits per heavy atom. The number of azo groups is 1. The topological polar surface area (TPSA) is 52.7 Å². The van der Waals surface area contributed by atoms with E-state index in [2.05, 4.69) is 88.6 Å². The van der Waals surface area contributed by atoms with Gasteiger partial charge in [0.05, 0.1) is 23.5 Å². The lowest BCUT2D eigenvalue weighted by atomic mass is 10.1. The third kappa shape index (κ3) is 6.24. The minimum Gasteiger partial charge on any atom is -1.00 e. The van der Waals surface area contributed by atoms with Crippen molar-refractivity contribution in [3.8, 4) is 0 Å². The quantitative estimate of drug-likeness (QED) is 0.283. The second-order valence-corrected chi connectivity index (χ2v) is 8.53. The highest BCUT2D eigenvalue weighted by atomic mass is 79.9. The summed E-state index contributed by atoms with van der Waals surface area (Å²) in [7, 11) is 1.99. The fraction of sp³-hybridized carbons (Fsp3) is 0.160. The SMILES string of the molecule is Cc1c[n+](C)c(N=Nc2cccc(NCc3ccccc3)c2NCc2ccccc2)s1.[Br-]. The summed E-state index contributed by atoms with van der Waals surface area (Å²) in [4.78, 5) is 1.21. The minimum absolute atomic E-state index is 0. The van der Waals surface area contributed by atoms with Gasteiger partial charge in [0.2, 0.25) is 0 Å². The first-order valence-electron chi connectivity index (χ1n) is 10.3. The molecule has 0 fully saturated rings. The molecule has 1 heterocycles. The van der Waals surface area contributed by atoms with Crippen LogP contribution < -0.4 is 32.2 Å². The van der Waals surface area contributed by atoms with Gasteiger partial charge in [-0.15, -0.1) is 0 Å². The van der Waals surface area contributed by atoms with Crippen LogP contribution in [0, 0.1) is 6.92 Å². The lowest BCUT2D eigenvalue weighted by Gasteiger charge is -2.15. The molecule has 32 heavy (non-hydrogen) atoms. The van der Waals surface area contributed by atoms with Crippen molar-refractivity contribution in [2.24, 2.45) is 17.3 Å². The molecule has 0 unspecified atom stereocenters. The number of halogens is 1. The molecule has 7 heteroatoms. The summed E-state index contributed by atoms with van der Waals surface area (Å²) in [5.74, 6) is 0. The molecule has 0 bridgehead atoms. The first kappa shape index (κ1) is 23.6. The maximum absolute atomic E-state index is 4.59. The van der Waals surface area contributed by atoms with Gasteiger partial charge >= 0.3 is 5.13 Å². The summed E-state index contributed by atoms with van der Waals surface area (Å²) < 4.78 is 2.00. The number of nitrogens with one attached hydrogen (secondary N) is 2. The Morgan fingerprint density at radius 2 is 1.41 bits per heavy atom. The van der Waals surface area contributed by atoms with E-state index in [1.807, 2.05) is 35.9 Å². The van der Waals surface area contributed by atoms with Crippen molar-refractivity contribution in [2.45, 2.75) is 20.0 Å². The summed E-state index contributed by atoms with van der Waals surface area (Å²) in [6.07, 6.45) is 2.06. The van der Waals surface area contributed by atoms with Crippen LogP contribution >= 0.6 is 11.3 Å². The molecule has 0 atom stereocenters. The van der Waals surface area contributed by atoms with Crippen molar-refractivity contribution in [1.29, 1.82) is 0 Å². The predicted molar refractivity (Wildman–Crippen MR) is 128 cm³/mol. The molecule has 0 amide bonds. The lowest BCUT2D eigenvalue weighted by molar-refractivity contribution is -0.654. The largest absolute Gasteiger partial charge is 1.00 e. The van der Waals surface area contributed by atoms with Crippen molar-refractivity contribution < 1.29 is 21.5 Å². The van der Waals surface area contributed by atoms with Gasteiger partial charge in [-0.1, -0.05) is 66.7 Å².